The molecule has 0 aromatic rings. The Morgan fingerprint density at radius 1 is 1.21 bits per heavy atom. The quantitative estimate of drug-likeness (QED) is 0.354. The Hall–Kier alpha value is -0.120. The first kappa shape index (κ1) is 19.5. The van der Waals surface area contributed by atoms with Crippen molar-refractivity contribution in [2.24, 2.45) is 0 Å². The summed E-state index contributed by atoms with van der Waals surface area (Å²) < 4.78 is 0. The summed E-state index contributed by atoms with van der Waals surface area (Å²) in [6, 6.07) is 0. The molecule has 0 amide bonds. The van der Waals surface area contributed by atoms with Gasteiger partial charge in [0.25, 0.3) is 0 Å². The van der Waals surface area contributed by atoms with Crippen LogP contribution >= 0.6 is 0 Å². The molecular weight excluding hydrogens is 228 g/mol. The number of hydrogen-bond donors (Lipinski definition) is 4. The topological polar surface area (TPSA) is 161 Å². The van der Waals surface area contributed by atoms with Crippen molar-refractivity contribution >= 4 is 49.9 Å². The molecule has 8 nitrogen and oxygen atoms in total. The van der Waals surface area contributed by atoms with Crippen LogP contribution < -0.4 is 10.2 Å². The molecule has 78 valence electrons. The molecule has 14 heavy (non-hydrogen) atoms. The number of aliphatic hydroxyl groups excluding tert-OH is 3. The van der Waals surface area contributed by atoms with Gasteiger partial charge in [-0.1, -0.05) is 0 Å². The van der Waals surface area contributed by atoms with Gasteiger partial charge in [0.05, 0.1) is 6.61 Å². The molecule has 0 radical (unpaired) electrons. The summed E-state index contributed by atoms with van der Waals surface area (Å²) >= 11 is 0. The molecule has 0 bridgehead atoms. The summed E-state index contributed by atoms with van der Waals surface area (Å²) in [6.45, 7) is -0.756. The summed E-state index contributed by atoms with van der Waals surface area (Å²) in [5, 5.41) is 49.5. The molecule has 0 aliphatic heterocycles. The zero-order valence-electron chi connectivity index (χ0n) is 6.99. The molecule has 0 aliphatic rings. The monoisotopic (exact) mass is 236 g/mol. The number of hydrogen-bond acceptors (Lipinski definition) is 7. The summed E-state index contributed by atoms with van der Waals surface area (Å²) in [5.41, 5.74) is 0. The Labute approximate surface area is 108 Å². The van der Waals surface area contributed by atoms with Crippen LogP contribution in [-0.2, 0) is 4.79 Å². The van der Waals surface area contributed by atoms with Crippen LogP contribution in [0.25, 0.3) is 0 Å². The summed E-state index contributed by atoms with van der Waals surface area (Å²) in [4.78, 5) is 18.1. The zero-order chi connectivity index (χ0) is 11.0. The van der Waals surface area contributed by atoms with Gasteiger partial charge in [0.15, 0.2) is 6.10 Å². The second kappa shape index (κ2) is 11.0. The summed E-state index contributed by atoms with van der Waals surface area (Å²) in [5.74, 6) is -1.54. The third-order valence-electron chi connectivity index (χ3n) is 0.805. The largest absolute Gasteiger partial charge is 2.00 e. The van der Waals surface area contributed by atoms with Gasteiger partial charge in [0.2, 0.25) is 0 Å². The normalized spacial score (nSPS) is 12.5. The Kier molecular flexibility index (Phi) is 15.2. The average Bonchev–Trinajstić information content (AvgIpc) is 2.00. The minimum Gasteiger partial charge on any atom is -0.652 e. The first-order chi connectivity index (χ1) is 5.82. The van der Waals surface area contributed by atoms with Gasteiger partial charge in [-0.3, -0.25) is 0 Å². The molecule has 2 atom stereocenters. The summed E-state index contributed by atoms with van der Waals surface area (Å²) in [7, 11) is 0. The van der Waals surface area contributed by atoms with E-state index in [4.69, 9.17) is 35.4 Å². The molecule has 4 N–H and O–H groups in total. The van der Waals surface area contributed by atoms with E-state index >= 15 is 0 Å². The SMILES string of the molecule is O=C(O)C(O)C(O)CO.O=C([O-])[O-].[Ca+2]. The maximum Gasteiger partial charge on any atom is 2.00 e. The van der Waals surface area contributed by atoms with Crippen molar-refractivity contribution in [3.8, 4) is 0 Å². The fraction of sp³-hybridized carbons (Fsp3) is 0.600. The molecule has 0 heterocycles. The van der Waals surface area contributed by atoms with Crippen LogP contribution in [0.2, 0.25) is 0 Å². The van der Waals surface area contributed by atoms with E-state index in [1.807, 2.05) is 0 Å². The van der Waals surface area contributed by atoms with Gasteiger partial charge in [-0.15, -0.1) is 0 Å². The first-order valence-electron chi connectivity index (χ1n) is 2.90. The fourth-order valence-corrected chi connectivity index (χ4v) is 0.264. The van der Waals surface area contributed by atoms with Crippen molar-refractivity contribution in [2.75, 3.05) is 6.61 Å². The molecule has 9 heteroatoms. The van der Waals surface area contributed by atoms with E-state index in [0.717, 1.165) is 0 Å². The maximum atomic E-state index is 9.78. The smallest absolute Gasteiger partial charge is 0.652 e. The molecule has 0 aromatic heterocycles. The van der Waals surface area contributed by atoms with Crippen LogP contribution in [0, 0.1) is 0 Å². The molecule has 0 saturated carbocycles. The molecule has 0 aliphatic carbocycles. The first-order valence-corrected chi connectivity index (χ1v) is 2.90. The number of aliphatic carboxylic acids is 1. The molecular formula is C5H8CaO8. The van der Waals surface area contributed by atoms with Gasteiger partial charge in [-0.2, -0.15) is 0 Å². The fourth-order valence-electron chi connectivity index (χ4n) is 0.264. The minimum atomic E-state index is -2.33. The molecule has 0 saturated heterocycles. The van der Waals surface area contributed by atoms with Crippen LogP contribution in [0.3, 0.4) is 0 Å². The zero-order valence-corrected chi connectivity index (χ0v) is 9.20. The number of carboxylic acid groups (broad SMARTS) is 3. The number of carbonyl (C=O) groups excluding carboxylic acids is 1. The van der Waals surface area contributed by atoms with Crippen molar-refractivity contribution in [1.29, 1.82) is 0 Å². The second-order valence-corrected chi connectivity index (χ2v) is 1.78. The van der Waals surface area contributed by atoms with E-state index in [2.05, 4.69) is 0 Å². The standard InChI is InChI=1S/C4H8O5.CH2O3.Ca/c5-1-2(6)3(7)4(8)9;2-1(3)4;/h2-3,5-7H,1H2,(H,8,9);(H2,2,3,4);/q;;+2/p-2. The maximum absolute atomic E-state index is 9.78. The Morgan fingerprint density at radius 3 is 1.57 bits per heavy atom. The van der Waals surface area contributed by atoms with Gasteiger partial charge in [0, 0.05) is 0 Å². The van der Waals surface area contributed by atoms with Crippen LogP contribution in [-0.4, -0.2) is 89.1 Å². The van der Waals surface area contributed by atoms with Gasteiger partial charge >= 0.3 is 43.7 Å². The third-order valence-corrected chi connectivity index (χ3v) is 0.805. The number of carboxylic acids is 1. The Morgan fingerprint density at radius 2 is 1.50 bits per heavy atom. The Balaban J connectivity index is -0.000000209. The number of rotatable bonds is 3. The van der Waals surface area contributed by atoms with Crippen LogP contribution in [0.4, 0.5) is 4.79 Å². The van der Waals surface area contributed by atoms with E-state index in [-0.39, 0.29) is 37.7 Å². The molecule has 0 spiro atoms. The van der Waals surface area contributed by atoms with Gasteiger partial charge in [0.1, 0.15) is 6.10 Å². The average molecular weight is 236 g/mol. The van der Waals surface area contributed by atoms with Gasteiger partial charge in [-0.05, 0) is 6.16 Å². The number of aliphatic hydroxyl groups is 3. The predicted octanol–water partition coefficient (Wildman–Crippen LogP) is -5.04. The van der Waals surface area contributed by atoms with Crippen molar-refractivity contribution in [1.82, 2.24) is 0 Å². The van der Waals surface area contributed by atoms with E-state index in [9.17, 15) is 4.79 Å². The van der Waals surface area contributed by atoms with Crippen molar-refractivity contribution in [2.45, 2.75) is 12.2 Å². The molecule has 0 aromatic carbocycles. The number of carbonyl (C=O) groups is 2. The van der Waals surface area contributed by atoms with Crippen molar-refractivity contribution < 1.29 is 40.2 Å². The molecule has 0 fully saturated rings. The van der Waals surface area contributed by atoms with E-state index in [1.165, 1.54) is 0 Å². The molecule has 2 unspecified atom stereocenters. The van der Waals surface area contributed by atoms with Crippen LogP contribution in [0.15, 0.2) is 0 Å². The van der Waals surface area contributed by atoms with Gasteiger partial charge in [-0.25, -0.2) is 4.79 Å². The second-order valence-electron chi connectivity index (χ2n) is 1.78. The molecule has 0 rings (SSSR count). The van der Waals surface area contributed by atoms with Crippen molar-refractivity contribution in [3.05, 3.63) is 0 Å². The van der Waals surface area contributed by atoms with E-state index in [1.54, 1.807) is 0 Å². The van der Waals surface area contributed by atoms with Crippen LogP contribution in [0.1, 0.15) is 0 Å². The van der Waals surface area contributed by atoms with E-state index < -0.39 is 30.9 Å². The van der Waals surface area contributed by atoms with Gasteiger partial charge < -0.3 is 35.4 Å². The Bertz CT molecular complexity index is 167. The van der Waals surface area contributed by atoms with Crippen LogP contribution in [0.5, 0.6) is 0 Å². The summed E-state index contributed by atoms with van der Waals surface area (Å²) in [6.07, 6.45) is -5.82. The van der Waals surface area contributed by atoms with E-state index in [0.29, 0.717) is 0 Å². The third kappa shape index (κ3) is 14.4. The van der Waals surface area contributed by atoms with Crippen molar-refractivity contribution in [3.63, 3.8) is 0 Å². The predicted molar refractivity (Wildman–Crippen MR) is 37.9 cm³/mol. The minimum absolute atomic E-state index is 0.